The van der Waals surface area contributed by atoms with Gasteiger partial charge in [0.15, 0.2) is 6.04 Å². The van der Waals surface area contributed by atoms with E-state index in [1.807, 2.05) is 0 Å². The highest BCUT2D eigenvalue weighted by atomic mass is 16.4. The number of carboxylic acids is 1. The number of aromatic hydroxyl groups is 1. The van der Waals surface area contributed by atoms with E-state index in [-0.39, 0.29) is 30.9 Å². The normalized spacial score (nSPS) is 15.3. The van der Waals surface area contributed by atoms with Gasteiger partial charge < -0.3 is 52.7 Å². The topological polar surface area (TPSA) is 270 Å². The second kappa shape index (κ2) is 19.8. The number of phenolic OH excluding ortho intramolecular Hbond substituents is 1. The summed E-state index contributed by atoms with van der Waals surface area (Å²) in [6.45, 7) is 5.38. The predicted octanol–water partition coefficient (Wildman–Crippen LogP) is -1.55. The van der Waals surface area contributed by atoms with Crippen molar-refractivity contribution in [1.82, 2.24) is 26.6 Å². The number of hydrogen-bond acceptors (Lipinski definition) is 10. The van der Waals surface area contributed by atoms with Gasteiger partial charge in [0.05, 0.1) is 24.8 Å². The molecule has 0 aliphatic rings. The first-order chi connectivity index (χ1) is 23.5. The lowest BCUT2D eigenvalue weighted by atomic mass is 10.0. The number of rotatable bonds is 19. The van der Waals surface area contributed by atoms with Crippen LogP contribution in [0.25, 0.3) is 0 Å². The van der Waals surface area contributed by atoms with Crippen molar-refractivity contribution >= 4 is 35.5 Å². The first kappa shape index (κ1) is 41.1. The number of nitrogens with two attached hydrogens (primary N) is 1. The molecule has 0 radical (unpaired) electrons. The number of amides is 5. The molecule has 0 aliphatic carbocycles. The summed E-state index contributed by atoms with van der Waals surface area (Å²) in [5, 5.41) is 50.9. The Bertz CT molecular complexity index is 1450. The lowest BCUT2D eigenvalue weighted by Crippen LogP contribution is -2.59. The Morgan fingerprint density at radius 3 is 1.74 bits per heavy atom. The van der Waals surface area contributed by atoms with Gasteiger partial charge in [0, 0.05) is 6.42 Å². The number of hydrogen-bond donors (Lipinski definition) is 10. The number of carboxylic acid groups (broad SMARTS) is 1. The molecule has 7 atom stereocenters. The number of carbonyl (C=O) groups excluding carboxylic acids is 5. The summed E-state index contributed by atoms with van der Waals surface area (Å²) < 4.78 is 0. The summed E-state index contributed by atoms with van der Waals surface area (Å²) in [4.78, 5) is 76.8. The zero-order valence-corrected chi connectivity index (χ0v) is 28.5. The third-order valence-corrected chi connectivity index (χ3v) is 7.54. The van der Waals surface area contributed by atoms with Crippen LogP contribution in [-0.4, -0.2) is 105 Å². The van der Waals surface area contributed by atoms with Gasteiger partial charge in [-0.3, -0.25) is 24.0 Å². The van der Waals surface area contributed by atoms with Gasteiger partial charge in [-0.25, -0.2) is 4.79 Å². The second-order valence-electron chi connectivity index (χ2n) is 12.5. The fourth-order valence-electron chi connectivity index (χ4n) is 4.84. The van der Waals surface area contributed by atoms with Gasteiger partial charge in [-0.2, -0.15) is 0 Å². The van der Waals surface area contributed by atoms with Crippen molar-refractivity contribution in [3.05, 3.63) is 65.7 Å². The van der Waals surface area contributed by atoms with E-state index in [1.54, 1.807) is 56.3 Å². The summed E-state index contributed by atoms with van der Waals surface area (Å²) in [6, 6.07) is 8.01. The summed E-state index contributed by atoms with van der Waals surface area (Å²) in [5.74, 6) is -5.61. The zero-order valence-electron chi connectivity index (χ0n) is 28.5. The largest absolute Gasteiger partial charge is 0.508 e. The molecule has 0 saturated carbocycles. The van der Waals surface area contributed by atoms with Gasteiger partial charge in [-0.15, -0.1) is 0 Å². The summed E-state index contributed by atoms with van der Waals surface area (Å²) in [5.41, 5.74) is 7.28. The fraction of sp³-hybridized carbons (Fsp3) is 0.471. The predicted molar refractivity (Wildman–Crippen MR) is 181 cm³/mol. The monoisotopic (exact) mass is 700 g/mol. The van der Waals surface area contributed by atoms with E-state index in [9.17, 15) is 49.2 Å². The molecule has 11 N–H and O–H groups in total. The van der Waals surface area contributed by atoms with E-state index < -0.39 is 84.5 Å². The lowest BCUT2D eigenvalue weighted by molar-refractivity contribution is -0.145. The third kappa shape index (κ3) is 13.8. The molecule has 16 heteroatoms. The molecular formula is C34H48N6O10. The number of aliphatic hydroxyl groups excluding tert-OH is 2. The molecule has 0 heterocycles. The molecule has 0 aromatic heterocycles. The molecule has 2 rings (SSSR count). The average molecular weight is 701 g/mol. The van der Waals surface area contributed by atoms with Gasteiger partial charge in [0.25, 0.3) is 0 Å². The van der Waals surface area contributed by atoms with Crippen LogP contribution in [0.2, 0.25) is 0 Å². The number of carbonyl (C=O) groups is 6. The molecule has 2 aromatic carbocycles. The van der Waals surface area contributed by atoms with E-state index in [2.05, 4.69) is 26.6 Å². The van der Waals surface area contributed by atoms with Gasteiger partial charge >= 0.3 is 5.97 Å². The molecule has 50 heavy (non-hydrogen) atoms. The first-order valence-corrected chi connectivity index (χ1v) is 16.1. The molecule has 274 valence electrons. The minimum absolute atomic E-state index is 0.0148. The van der Waals surface area contributed by atoms with E-state index in [0.717, 1.165) is 0 Å². The highest BCUT2D eigenvalue weighted by Crippen LogP contribution is 2.12. The minimum Gasteiger partial charge on any atom is -0.508 e. The third-order valence-electron chi connectivity index (χ3n) is 7.54. The van der Waals surface area contributed by atoms with Gasteiger partial charge in [0.1, 0.15) is 23.9 Å². The van der Waals surface area contributed by atoms with Crippen LogP contribution in [0.4, 0.5) is 0 Å². The summed E-state index contributed by atoms with van der Waals surface area (Å²) in [7, 11) is 0. The van der Waals surface area contributed by atoms with Crippen LogP contribution in [0.1, 0.15) is 45.2 Å². The Morgan fingerprint density at radius 2 is 1.20 bits per heavy atom. The standard InChI is InChI=1S/C34H48N6O10/c1-18(2)14-25(32(47)40-29(20(4)42)34(49)50)38-31(46)26(16-21-8-6-5-7-9-21)37-27(44)17-36-33(48)28(19(3)41)39-30(45)24(35)15-22-10-12-23(43)13-11-22/h5-13,18-20,24-26,28-29,41-43H,14-17,35H2,1-4H3,(H,36,48)(H,37,44)(H,38,46)(H,39,45)(H,40,47)(H,49,50)/t19?,20?,24-,25-,26-,28+,29-/m0/s1. The Balaban J connectivity index is 2.12. The first-order valence-electron chi connectivity index (χ1n) is 16.1. The number of nitrogens with one attached hydrogen (secondary N) is 5. The van der Waals surface area contributed by atoms with Crippen LogP contribution < -0.4 is 32.3 Å². The zero-order chi connectivity index (χ0) is 37.5. The molecular weight excluding hydrogens is 652 g/mol. The Morgan fingerprint density at radius 1 is 0.660 bits per heavy atom. The number of aliphatic carboxylic acids is 1. The molecule has 0 spiro atoms. The highest BCUT2D eigenvalue weighted by molar-refractivity contribution is 5.95. The van der Waals surface area contributed by atoms with Crippen molar-refractivity contribution in [3.63, 3.8) is 0 Å². The summed E-state index contributed by atoms with van der Waals surface area (Å²) >= 11 is 0. The molecule has 0 saturated heterocycles. The van der Waals surface area contributed by atoms with Gasteiger partial charge in [-0.05, 0) is 55.9 Å². The Hall–Kier alpha value is -5.06. The van der Waals surface area contributed by atoms with Crippen molar-refractivity contribution < 1.29 is 49.2 Å². The van der Waals surface area contributed by atoms with Crippen molar-refractivity contribution in [2.45, 2.75) is 89.4 Å². The van der Waals surface area contributed by atoms with E-state index in [4.69, 9.17) is 5.73 Å². The smallest absolute Gasteiger partial charge is 0.328 e. The number of benzene rings is 2. The van der Waals surface area contributed by atoms with E-state index >= 15 is 0 Å². The quantitative estimate of drug-likeness (QED) is 0.0802. The SMILES string of the molecule is CC(C)C[C@H](NC(=O)[C@H](Cc1ccccc1)NC(=O)CNC(=O)[C@H](NC(=O)[C@@H](N)Cc1ccc(O)cc1)C(C)O)C(=O)N[C@H](C(=O)O)C(C)O. The van der Waals surface area contributed by atoms with Crippen LogP contribution in [0.3, 0.4) is 0 Å². The molecule has 0 bridgehead atoms. The van der Waals surface area contributed by atoms with E-state index in [0.29, 0.717) is 11.1 Å². The Kier molecular flexibility index (Phi) is 16.3. The molecule has 0 fully saturated rings. The van der Waals surface area contributed by atoms with Crippen LogP contribution in [-0.2, 0) is 41.6 Å². The average Bonchev–Trinajstić information content (AvgIpc) is 3.04. The Labute approximate surface area is 290 Å². The maximum atomic E-state index is 13.5. The molecule has 5 amide bonds. The number of phenols is 1. The molecule has 16 nitrogen and oxygen atoms in total. The van der Waals surface area contributed by atoms with Gasteiger partial charge in [-0.1, -0.05) is 56.3 Å². The second-order valence-corrected chi connectivity index (χ2v) is 12.5. The van der Waals surface area contributed by atoms with Crippen LogP contribution in [0.15, 0.2) is 54.6 Å². The van der Waals surface area contributed by atoms with Crippen molar-refractivity contribution in [2.24, 2.45) is 11.7 Å². The molecule has 2 aromatic rings. The molecule has 0 aliphatic heterocycles. The highest BCUT2D eigenvalue weighted by Gasteiger charge is 2.33. The minimum atomic E-state index is -1.62. The maximum absolute atomic E-state index is 13.5. The summed E-state index contributed by atoms with van der Waals surface area (Å²) in [6.07, 6.45) is -2.63. The van der Waals surface area contributed by atoms with Crippen LogP contribution in [0, 0.1) is 5.92 Å². The van der Waals surface area contributed by atoms with Crippen molar-refractivity contribution in [2.75, 3.05) is 6.54 Å². The van der Waals surface area contributed by atoms with Crippen LogP contribution >= 0.6 is 0 Å². The lowest BCUT2D eigenvalue weighted by Gasteiger charge is -2.26. The number of aliphatic hydroxyl groups is 2. The molecule has 2 unspecified atom stereocenters. The van der Waals surface area contributed by atoms with Crippen molar-refractivity contribution in [3.8, 4) is 5.75 Å². The van der Waals surface area contributed by atoms with E-state index in [1.165, 1.54) is 26.0 Å². The van der Waals surface area contributed by atoms with Gasteiger partial charge in [0.2, 0.25) is 29.5 Å². The van der Waals surface area contributed by atoms with Crippen LogP contribution in [0.5, 0.6) is 5.75 Å². The van der Waals surface area contributed by atoms with Crippen molar-refractivity contribution in [1.29, 1.82) is 0 Å². The fourth-order valence-corrected chi connectivity index (χ4v) is 4.84. The maximum Gasteiger partial charge on any atom is 0.328 e.